The minimum atomic E-state index is -0.0257. The highest BCUT2D eigenvalue weighted by molar-refractivity contribution is 5.93. The SMILES string of the molecule is CN(Cc1ccc(N2CCCCC2)cc1)C(=O)c1cnn(-c2ccccc2)c1. The molecular formula is C23H26N4O. The van der Waals surface area contributed by atoms with Gasteiger partial charge in [-0.2, -0.15) is 5.10 Å². The molecule has 0 bridgehead atoms. The first-order valence-corrected chi connectivity index (χ1v) is 9.90. The lowest BCUT2D eigenvalue weighted by atomic mass is 10.1. The molecule has 28 heavy (non-hydrogen) atoms. The third kappa shape index (κ3) is 4.09. The van der Waals surface area contributed by atoms with Crippen LogP contribution in [0.5, 0.6) is 0 Å². The van der Waals surface area contributed by atoms with Crippen molar-refractivity contribution in [1.82, 2.24) is 14.7 Å². The van der Waals surface area contributed by atoms with Gasteiger partial charge in [-0.1, -0.05) is 30.3 Å². The second kappa shape index (κ2) is 8.30. The van der Waals surface area contributed by atoms with Gasteiger partial charge < -0.3 is 9.80 Å². The summed E-state index contributed by atoms with van der Waals surface area (Å²) in [6.45, 7) is 2.86. The van der Waals surface area contributed by atoms with Crippen molar-refractivity contribution < 1.29 is 4.79 Å². The number of benzene rings is 2. The predicted octanol–water partition coefficient (Wildman–Crippen LogP) is 4.13. The van der Waals surface area contributed by atoms with E-state index in [2.05, 4.69) is 34.3 Å². The van der Waals surface area contributed by atoms with Crippen molar-refractivity contribution in [1.29, 1.82) is 0 Å². The van der Waals surface area contributed by atoms with Crippen LogP contribution in [0.1, 0.15) is 35.2 Å². The van der Waals surface area contributed by atoms with Gasteiger partial charge in [0.2, 0.25) is 0 Å². The monoisotopic (exact) mass is 374 g/mol. The smallest absolute Gasteiger partial charge is 0.257 e. The Morgan fingerprint density at radius 1 is 0.964 bits per heavy atom. The second-order valence-electron chi connectivity index (χ2n) is 7.38. The minimum absolute atomic E-state index is 0.0257. The molecule has 2 heterocycles. The number of nitrogens with zero attached hydrogens (tertiary/aromatic N) is 4. The van der Waals surface area contributed by atoms with Gasteiger partial charge in [0.15, 0.2) is 0 Å². The van der Waals surface area contributed by atoms with Crippen LogP contribution >= 0.6 is 0 Å². The number of para-hydroxylation sites is 1. The van der Waals surface area contributed by atoms with Crippen LogP contribution in [-0.4, -0.2) is 40.7 Å². The van der Waals surface area contributed by atoms with Crippen molar-refractivity contribution in [3.8, 4) is 5.69 Å². The molecule has 1 aliphatic rings. The Morgan fingerprint density at radius 2 is 1.68 bits per heavy atom. The van der Waals surface area contributed by atoms with E-state index < -0.39 is 0 Å². The average Bonchev–Trinajstić information content (AvgIpc) is 3.25. The van der Waals surface area contributed by atoms with Gasteiger partial charge >= 0.3 is 0 Å². The van der Waals surface area contributed by atoms with Gasteiger partial charge in [0, 0.05) is 38.6 Å². The molecule has 0 radical (unpaired) electrons. The average molecular weight is 374 g/mol. The lowest BCUT2D eigenvalue weighted by Gasteiger charge is -2.29. The molecule has 4 rings (SSSR count). The minimum Gasteiger partial charge on any atom is -0.372 e. The summed E-state index contributed by atoms with van der Waals surface area (Å²) in [6.07, 6.45) is 7.30. The van der Waals surface area contributed by atoms with Gasteiger partial charge in [-0.25, -0.2) is 4.68 Å². The molecule has 0 atom stereocenters. The number of amides is 1. The Hall–Kier alpha value is -3.08. The van der Waals surface area contributed by atoms with Crippen molar-refractivity contribution in [2.75, 3.05) is 25.0 Å². The molecule has 0 N–H and O–H groups in total. The van der Waals surface area contributed by atoms with E-state index in [0.29, 0.717) is 12.1 Å². The molecule has 1 amide bonds. The van der Waals surface area contributed by atoms with Crippen LogP contribution in [0.25, 0.3) is 5.69 Å². The van der Waals surface area contributed by atoms with Crippen molar-refractivity contribution >= 4 is 11.6 Å². The molecule has 0 unspecified atom stereocenters. The van der Waals surface area contributed by atoms with Crippen LogP contribution in [0.2, 0.25) is 0 Å². The summed E-state index contributed by atoms with van der Waals surface area (Å²) in [5.74, 6) is -0.0257. The summed E-state index contributed by atoms with van der Waals surface area (Å²) < 4.78 is 1.73. The van der Waals surface area contributed by atoms with Crippen molar-refractivity contribution in [3.05, 3.63) is 78.1 Å². The number of carbonyl (C=O) groups excluding carboxylic acids is 1. The van der Waals surface area contributed by atoms with Gasteiger partial charge in [-0.3, -0.25) is 4.79 Å². The Balaban J connectivity index is 1.40. The van der Waals surface area contributed by atoms with E-state index in [1.54, 1.807) is 22.0 Å². The van der Waals surface area contributed by atoms with E-state index in [4.69, 9.17) is 0 Å². The molecule has 2 aromatic carbocycles. The number of piperidine rings is 1. The zero-order chi connectivity index (χ0) is 19.3. The Kier molecular flexibility index (Phi) is 5.42. The lowest BCUT2D eigenvalue weighted by Crippen LogP contribution is -2.29. The van der Waals surface area contributed by atoms with Gasteiger partial charge in [-0.05, 0) is 49.1 Å². The van der Waals surface area contributed by atoms with Gasteiger partial charge in [0.05, 0.1) is 17.4 Å². The maximum atomic E-state index is 12.8. The molecule has 1 aliphatic heterocycles. The van der Waals surface area contributed by atoms with Crippen LogP contribution in [0.4, 0.5) is 5.69 Å². The molecule has 0 saturated carbocycles. The fraction of sp³-hybridized carbons (Fsp3) is 0.304. The first-order chi connectivity index (χ1) is 13.7. The highest BCUT2D eigenvalue weighted by atomic mass is 16.2. The highest BCUT2D eigenvalue weighted by Gasteiger charge is 2.15. The molecule has 3 aromatic rings. The van der Waals surface area contributed by atoms with Crippen LogP contribution in [0.3, 0.4) is 0 Å². The lowest BCUT2D eigenvalue weighted by molar-refractivity contribution is 0.0785. The standard InChI is InChI=1S/C23H26N4O/c1-25(17-19-10-12-21(13-11-19)26-14-6-3-7-15-26)23(28)20-16-24-27(18-20)22-8-4-2-5-9-22/h2,4-5,8-13,16,18H,3,6-7,14-15,17H2,1H3. The zero-order valence-electron chi connectivity index (χ0n) is 16.3. The Morgan fingerprint density at radius 3 is 2.39 bits per heavy atom. The number of carbonyl (C=O) groups is 1. The molecule has 1 aromatic heterocycles. The maximum absolute atomic E-state index is 12.8. The Bertz CT molecular complexity index is 911. The summed E-state index contributed by atoms with van der Waals surface area (Å²) in [5.41, 5.74) is 3.95. The third-order valence-electron chi connectivity index (χ3n) is 5.27. The largest absolute Gasteiger partial charge is 0.372 e. The van der Waals surface area contributed by atoms with Gasteiger partial charge in [-0.15, -0.1) is 0 Å². The fourth-order valence-electron chi connectivity index (χ4n) is 3.69. The van der Waals surface area contributed by atoms with Gasteiger partial charge in [0.25, 0.3) is 5.91 Å². The predicted molar refractivity (Wildman–Crippen MR) is 112 cm³/mol. The molecule has 1 fully saturated rings. The van der Waals surface area contributed by atoms with Crippen LogP contribution in [0.15, 0.2) is 67.0 Å². The van der Waals surface area contributed by atoms with E-state index >= 15 is 0 Å². The van der Waals surface area contributed by atoms with E-state index in [0.717, 1.165) is 24.3 Å². The number of rotatable bonds is 5. The van der Waals surface area contributed by atoms with Crippen molar-refractivity contribution in [3.63, 3.8) is 0 Å². The maximum Gasteiger partial charge on any atom is 0.257 e. The van der Waals surface area contributed by atoms with E-state index in [1.807, 2.05) is 37.4 Å². The number of hydrogen-bond acceptors (Lipinski definition) is 3. The molecule has 5 heteroatoms. The summed E-state index contributed by atoms with van der Waals surface area (Å²) >= 11 is 0. The second-order valence-corrected chi connectivity index (χ2v) is 7.38. The topological polar surface area (TPSA) is 41.4 Å². The van der Waals surface area contributed by atoms with Crippen molar-refractivity contribution in [2.24, 2.45) is 0 Å². The quantitative estimate of drug-likeness (QED) is 0.674. The molecule has 0 spiro atoms. The third-order valence-corrected chi connectivity index (χ3v) is 5.27. The van der Waals surface area contributed by atoms with Crippen LogP contribution < -0.4 is 4.90 Å². The highest BCUT2D eigenvalue weighted by Crippen LogP contribution is 2.21. The zero-order valence-corrected chi connectivity index (χ0v) is 16.3. The summed E-state index contributed by atoms with van der Waals surface area (Å²) in [7, 11) is 1.83. The van der Waals surface area contributed by atoms with Crippen molar-refractivity contribution in [2.45, 2.75) is 25.8 Å². The molecule has 5 nitrogen and oxygen atoms in total. The summed E-state index contributed by atoms with van der Waals surface area (Å²) in [6, 6.07) is 18.4. The van der Waals surface area contributed by atoms with E-state index in [9.17, 15) is 4.79 Å². The molecule has 1 saturated heterocycles. The van der Waals surface area contributed by atoms with E-state index in [1.165, 1.54) is 24.9 Å². The Labute approximate surface area is 166 Å². The fourth-order valence-corrected chi connectivity index (χ4v) is 3.69. The normalized spacial score (nSPS) is 14.1. The first kappa shape index (κ1) is 18.3. The first-order valence-electron chi connectivity index (χ1n) is 9.90. The van der Waals surface area contributed by atoms with Crippen LogP contribution in [0, 0.1) is 0 Å². The summed E-state index contributed by atoms with van der Waals surface area (Å²) in [5, 5.41) is 4.32. The molecular weight excluding hydrogens is 348 g/mol. The molecule has 144 valence electrons. The number of hydrogen-bond donors (Lipinski definition) is 0. The number of anilines is 1. The van der Waals surface area contributed by atoms with E-state index in [-0.39, 0.29) is 5.91 Å². The van der Waals surface area contributed by atoms with Gasteiger partial charge in [0.1, 0.15) is 0 Å². The molecule has 0 aliphatic carbocycles. The summed E-state index contributed by atoms with van der Waals surface area (Å²) in [4.78, 5) is 17.0. The number of aromatic nitrogens is 2. The van der Waals surface area contributed by atoms with Crippen LogP contribution in [-0.2, 0) is 6.54 Å².